The van der Waals surface area contributed by atoms with E-state index in [0.717, 1.165) is 21.9 Å². The Morgan fingerprint density at radius 2 is 2.00 bits per heavy atom. The highest BCUT2D eigenvalue weighted by atomic mass is 32.2. The van der Waals surface area contributed by atoms with E-state index in [9.17, 15) is 4.39 Å². The molecule has 0 saturated carbocycles. The zero-order chi connectivity index (χ0) is 16.5. The maximum Gasteiger partial charge on any atom is 0.226 e. The fourth-order valence-corrected chi connectivity index (χ4v) is 3.38. The molecule has 0 aliphatic rings. The molecule has 0 aliphatic heterocycles. The van der Waals surface area contributed by atoms with Gasteiger partial charge < -0.3 is 8.98 Å². The van der Waals surface area contributed by atoms with Crippen molar-refractivity contribution in [3.63, 3.8) is 0 Å². The first-order chi connectivity index (χ1) is 11.7. The van der Waals surface area contributed by atoms with Crippen molar-refractivity contribution in [3.05, 3.63) is 66.3 Å². The molecule has 0 bridgehead atoms. The second-order valence-electron chi connectivity index (χ2n) is 5.39. The van der Waals surface area contributed by atoms with Gasteiger partial charge in [-0.15, -0.1) is 0 Å². The molecule has 0 N–H and O–H groups in total. The summed E-state index contributed by atoms with van der Waals surface area (Å²) in [6.07, 6.45) is 1.61. The Morgan fingerprint density at radius 3 is 2.83 bits per heavy atom. The number of oxazole rings is 1. The topological polar surface area (TPSA) is 43.9 Å². The number of halogens is 1. The Bertz CT molecular complexity index is 1010. The summed E-state index contributed by atoms with van der Waals surface area (Å²) < 4.78 is 20.8. The fraction of sp³-hybridized carbons (Fsp3) is 0.111. The molecular formula is C18H14FN3OS. The minimum absolute atomic E-state index is 0.304. The Balaban J connectivity index is 1.53. The van der Waals surface area contributed by atoms with Crippen molar-refractivity contribution >= 4 is 22.8 Å². The predicted molar refractivity (Wildman–Crippen MR) is 92.2 cm³/mol. The molecule has 2 aromatic carbocycles. The van der Waals surface area contributed by atoms with Gasteiger partial charge in [-0.05, 0) is 30.3 Å². The van der Waals surface area contributed by atoms with Crippen molar-refractivity contribution in [3.8, 4) is 11.5 Å². The van der Waals surface area contributed by atoms with Crippen molar-refractivity contribution in [1.29, 1.82) is 0 Å². The Hall–Kier alpha value is -2.60. The summed E-state index contributed by atoms with van der Waals surface area (Å²) in [7, 11) is 2.00. The van der Waals surface area contributed by atoms with Crippen LogP contribution in [0.5, 0.6) is 0 Å². The van der Waals surface area contributed by atoms with E-state index in [1.807, 2.05) is 31.3 Å². The van der Waals surface area contributed by atoms with Gasteiger partial charge >= 0.3 is 0 Å². The van der Waals surface area contributed by atoms with Crippen LogP contribution in [0.25, 0.3) is 22.5 Å². The van der Waals surface area contributed by atoms with E-state index in [1.54, 1.807) is 30.2 Å². The second kappa shape index (κ2) is 6.13. The van der Waals surface area contributed by atoms with E-state index >= 15 is 0 Å². The second-order valence-corrected chi connectivity index (χ2v) is 6.33. The van der Waals surface area contributed by atoms with Crippen LogP contribution in [-0.4, -0.2) is 14.5 Å². The number of aryl methyl sites for hydroxylation is 1. The molecule has 0 amide bonds. The van der Waals surface area contributed by atoms with Gasteiger partial charge in [0.15, 0.2) is 5.16 Å². The van der Waals surface area contributed by atoms with Crippen LogP contribution >= 0.6 is 11.8 Å². The molecule has 0 radical (unpaired) electrons. The number of imidazole rings is 1. The fourth-order valence-electron chi connectivity index (χ4n) is 2.52. The predicted octanol–water partition coefficient (Wildman–Crippen LogP) is 4.66. The number of hydrogen-bond donors (Lipinski definition) is 0. The van der Waals surface area contributed by atoms with E-state index in [0.29, 0.717) is 17.2 Å². The zero-order valence-corrected chi connectivity index (χ0v) is 13.8. The molecule has 0 unspecified atom stereocenters. The van der Waals surface area contributed by atoms with Crippen LogP contribution < -0.4 is 0 Å². The van der Waals surface area contributed by atoms with Gasteiger partial charge in [0.1, 0.15) is 12.1 Å². The SMILES string of the molecule is Cn1c(SCc2coc(-c3cccc(F)c3)n2)nc2ccccc21. The summed E-state index contributed by atoms with van der Waals surface area (Å²) in [4.78, 5) is 9.05. The smallest absolute Gasteiger partial charge is 0.226 e. The van der Waals surface area contributed by atoms with E-state index in [4.69, 9.17) is 4.42 Å². The lowest BCUT2D eigenvalue weighted by Crippen LogP contribution is -1.91. The van der Waals surface area contributed by atoms with Crippen LogP contribution in [0, 0.1) is 5.82 Å². The number of aromatic nitrogens is 3. The third-order valence-electron chi connectivity index (χ3n) is 3.72. The Kier molecular flexibility index (Phi) is 3.82. The van der Waals surface area contributed by atoms with E-state index in [2.05, 4.69) is 14.5 Å². The summed E-state index contributed by atoms with van der Waals surface area (Å²) >= 11 is 1.59. The lowest BCUT2D eigenvalue weighted by molar-refractivity contribution is 0.571. The van der Waals surface area contributed by atoms with Crippen LogP contribution in [0.4, 0.5) is 4.39 Å². The maximum atomic E-state index is 13.3. The van der Waals surface area contributed by atoms with Crippen LogP contribution in [0.15, 0.2) is 64.4 Å². The minimum Gasteiger partial charge on any atom is -0.444 e. The van der Waals surface area contributed by atoms with Crippen LogP contribution in [-0.2, 0) is 12.8 Å². The highest BCUT2D eigenvalue weighted by molar-refractivity contribution is 7.98. The molecule has 4 aromatic rings. The molecule has 6 heteroatoms. The van der Waals surface area contributed by atoms with Crippen LogP contribution in [0.2, 0.25) is 0 Å². The molecule has 0 aliphatic carbocycles. The number of para-hydroxylation sites is 2. The Labute approximate surface area is 142 Å². The van der Waals surface area contributed by atoms with Gasteiger partial charge in [0.05, 0.1) is 16.7 Å². The standard InChI is InChI=1S/C18H14FN3OS/c1-22-16-8-3-2-7-15(16)21-18(22)24-11-14-10-23-17(20-14)12-5-4-6-13(19)9-12/h2-10H,11H2,1H3. The third kappa shape index (κ3) is 2.80. The van der Waals surface area contributed by atoms with Crippen molar-refractivity contribution < 1.29 is 8.81 Å². The molecule has 2 aromatic heterocycles. The number of benzene rings is 2. The normalized spacial score (nSPS) is 11.2. The zero-order valence-electron chi connectivity index (χ0n) is 12.9. The Morgan fingerprint density at radius 1 is 1.12 bits per heavy atom. The number of fused-ring (bicyclic) bond motifs is 1. The first kappa shape index (κ1) is 15.0. The molecule has 0 spiro atoms. The number of rotatable bonds is 4. The van der Waals surface area contributed by atoms with Gasteiger partial charge in [0, 0.05) is 18.4 Å². The molecule has 0 atom stereocenters. The molecule has 120 valence electrons. The molecule has 4 rings (SSSR count). The summed E-state index contributed by atoms with van der Waals surface area (Å²) in [6.45, 7) is 0. The summed E-state index contributed by atoms with van der Waals surface area (Å²) in [5.41, 5.74) is 3.50. The molecule has 4 nitrogen and oxygen atoms in total. The van der Waals surface area contributed by atoms with Gasteiger partial charge in [0.2, 0.25) is 5.89 Å². The average Bonchev–Trinajstić information content (AvgIpc) is 3.19. The highest BCUT2D eigenvalue weighted by Crippen LogP contribution is 2.27. The van der Waals surface area contributed by atoms with Gasteiger partial charge in [-0.3, -0.25) is 0 Å². The van der Waals surface area contributed by atoms with E-state index < -0.39 is 0 Å². The number of hydrogen-bond acceptors (Lipinski definition) is 4. The average molecular weight is 339 g/mol. The first-order valence-corrected chi connectivity index (χ1v) is 8.44. The lowest BCUT2D eigenvalue weighted by Gasteiger charge is -1.99. The number of thioether (sulfide) groups is 1. The maximum absolute atomic E-state index is 13.3. The minimum atomic E-state index is -0.304. The molecule has 24 heavy (non-hydrogen) atoms. The molecule has 0 fully saturated rings. The quantitative estimate of drug-likeness (QED) is 0.507. The van der Waals surface area contributed by atoms with E-state index in [-0.39, 0.29) is 5.82 Å². The van der Waals surface area contributed by atoms with Crippen molar-refractivity contribution in [1.82, 2.24) is 14.5 Å². The highest BCUT2D eigenvalue weighted by Gasteiger charge is 2.11. The van der Waals surface area contributed by atoms with Crippen molar-refractivity contribution in [2.75, 3.05) is 0 Å². The van der Waals surface area contributed by atoms with Crippen LogP contribution in [0.1, 0.15) is 5.69 Å². The summed E-state index contributed by atoms with van der Waals surface area (Å²) in [5.74, 6) is 0.757. The third-order valence-corrected chi connectivity index (χ3v) is 4.78. The monoisotopic (exact) mass is 339 g/mol. The van der Waals surface area contributed by atoms with Gasteiger partial charge in [-0.25, -0.2) is 14.4 Å². The number of nitrogens with zero attached hydrogens (tertiary/aromatic N) is 3. The van der Waals surface area contributed by atoms with Crippen molar-refractivity contribution in [2.24, 2.45) is 7.05 Å². The van der Waals surface area contributed by atoms with Gasteiger partial charge in [-0.1, -0.05) is 30.0 Å². The summed E-state index contributed by atoms with van der Waals surface area (Å²) in [6, 6.07) is 14.2. The molecule has 0 saturated heterocycles. The molecular weight excluding hydrogens is 325 g/mol. The lowest BCUT2D eigenvalue weighted by atomic mass is 10.2. The molecule has 2 heterocycles. The first-order valence-electron chi connectivity index (χ1n) is 7.45. The van der Waals surface area contributed by atoms with Crippen LogP contribution in [0.3, 0.4) is 0 Å². The van der Waals surface area contributed by atoms with Gasteiger partial charge in [-0.2, -0.15) is 0 Å². The summed E-state index contributed by atoms with van der Waals surface area (Å²) in [5, 5.41) is 0.923. The van der Waals surface area contributed by atoms with Crippen molar-refractivity contribution in [2.45, 2.75) is 10.9 Å². The van der Waals surface area contributed by atoms with Gasteiger partial charge in [0.25, 0.3) is 0 Å². The van der Waals surface area contributed by atoms with E-state index in [1.165, 1.54) is 12.1 Å². The largest absolute Gasteiger partial charge is 0.444 e.